The molecule has 0 aliphatic heterocycles. The van der Waals surface area contributed by atoms with E-state index in [0.717, 1.165) is 16.9 Å². The van der Waals surface area contributed by atoms with Crippen LogP contribution in [0.2, 0.25) is 0 Å². The van der Waals surface area contributed by atoms with Gasteiger partial charge in [-0.15, -0.1) is 0 Å². The van der Waals surface area contributed by atoms with Crippen LogP contribution < -0.4 is 10.6 Å². The van der Waals surface area contributed by atoms with Gasteiger partial charge in [-0.3, -0.25) is 4.79 Å². The average Bonchev–Trinajstić information content (AvgIpc) is 2.82. The second kappa shape index (κ2) is 6.54. The normalized spacial score (nSPS) is 11.6. The molecule has 0 radical (unpaired) electrons. The van der Waals surface area contributed by atoms with E-state index in [1.54, 1.807) is 7.05 Å². The number of rotatable bonds is 4. The number of hydrogen-bond donors (Lipinski definition) is 2. The first kappa shape index (κ1) is 17.2. The van der Waals surface area contributed by atoms with E-state index in [1.165, 1.54) is 5.56 Å². The standard InChI is InChI=1S/C18H26N4O/c1-12-7-8-14(13(2)9-12)22-16(20-17(23)11-19-6)10-15(21-22)18(3,4)5/h7-10,19H,11H2,1-6H3,(H,20,23). The van der Waals surface area contributed by atoms with Crippen LogP contribution in [0.15, 0.2) is 24.3 Å². The molecule has 5 nitrogen and oxygen atoms in total. The Kier molecular flexibility index (Phi) is 4.90. The van der Waals surface area contributed by atoms with Gasteiger partial charge in [0, 0.05) is 11.5 Å². The molecule has 2 N–H and O–H groups in total. The Morgan fingerprint density at radius 1 is 1.22 bits per heavy atom. The number of anilines is 1. The van der Waals surface area contributed by atoms with E-state index in [4.69, 9.17) is 5.10 Å². The lowest BCUT2D eigenvalue weighted by atomic mass is 9.92. The number of aryl methyl sites for hydroxylation is 2. The van der Waals surface area contributed by atoms with Gasteiger partial charge in [-0.05, 0) is 32.5 Å². The predicted molar refractivity (Wildman–Crippen MR) is 94.3 cm³/mol. The molecule has 124 valence electrons. The molecule has 0 fully saturated rings. The molecule has 0 saturated carbocycles. The van der Waals surface area contributed by atoms with Crippen molar-refractivity contribution in [3.8, 4) is 5.69 Å². The minimum atomic E-state index is -0.0909. The van der Waals surface area contributed by atoms with Crippen molar-refractivity contribution in [2.75, 3.05) is 18.9 Å². The first-order valence-corrected chi connectivity index (χ1v) is 7.85. The maximum atomic E-state index is 12.0. The minimum Gasteiger partial charge on any atom is -0.311 e. The molecule has 0 atom stereocenters. The van der Waals surface area contributed by atoms with Crippen molar-refractivity contribution >= 4 is 11.7 Å². The van der Waals surface area contributed by atoms with Crippen LogP contribution in [0.1, 0.15) is 37.6 Å². The molecule has 5 heteroatoms. The fourth-order valence-corrected chi connectivity index (χ4v) is 2.41. The number of aromatic nitrogens is 2. The average molecular weight is 314 g/mol. The summed E-state index contributed by atoms with van der Waals surface area (Å²) >= 11 is 0. The van der Waals surface area contributed by atoms with Gasteiger partial charge in [0.15, 0.2) is 0 Å². The van der Waals surface area contributed by atoms with Gasteiger partial charge in [0.2, 0.25) is 5.91 Å². The van der Waals surface area contributed by atoms with Crippen molar-refractivity contribution in [3.63, 3.8) is 0 Å². The maximum absolute atomic E-state index is 12.0. The quantitative estimate of drug-likeness (QED) is 0.912. The first-order chi connectivity index (χ1) is 10.7. The molecule has 0 spiro atoms. The third-order valence-corrected chi connectivity index (χ3v) is 3.66. The van der Waals surface area contributed by atoms with E-state index in [-0.39, 0.29) is 17.9 Å². The second-order valence-corrected chi connectivity index (χ2v) is 6.95. The zero-order valence-electron chi connectivity index (χ0n) is 14.8. The number of hydrogen-bond acceptors (Lipinski definition) is 3. The van der Waals surface area contributed by atoms with Crippen molar-refractivity contribution < 1.29 is 4.79 Å². The Morgan fingerprint density at radius 2 is 1.91 bits per heavy atom. The summed E-state index contributed by atoms with van der Waals surface area (Å²) in [4.78, 5) is 12.0. The largest absolute Gasteiger partial charge is 0.311 e. The summed E-state index contributed by atoms with van der Waals surface area (Å²) in [6.45, 7) is 10.7. The van der Waals surface area contributed by atoms with Crippen LogP contribution >= 0.6 is 0 Å². The molecule has 0 aliphatic carbocycles. The van der Waals surface area contributed by atoms with Crippen LogP contribution in [0.4, 0.5) is 5.82 Å². The van der Waals surface area contributed by atoms with Crippen LogP contribution in [0, 0.1) is 13.8 Å². The van der Waals surface area contributed by atoms with E-state index in [9.17, 15) is 4.79 Å². The zero-order valence-corrected chi connectivity index (χ0v) is 14.8. The van der Waals surface area contributed by atoms with Gasteiger partial charge in [-0.1, -0.05) is 38.5 Å². The van der Waals surface area contributed by atoms with Gasteiger partial charge in [0.1, 0.15) is 5.82 Å². The minimum absolute atomic E-state index is 0.0844. The molecule has 0 unspecified atom stereocenters. The van der Waals surface area contributed by atoms with Gasteiger partial charge in [-0.2, -0.15) is 5.10 Å². The highest BCUT2D eigenvalue weighted by molar-refractivity contribution is 5.91. The van der Waals surface area contributed by atoms with E-state index < -0.39 is 0 Å². The lowest BCUT2D eigenvalue weighted by molar-refractivity contribution is -0.115. The van der Waals surface area contributed by atoms with Crippen molar-refractivity contribution in [2.24, 2.45) is 0 Å². The first-order valence-electron chi connectivity index (χ1n) is 7.85. The number of carbonyl (C=O) groups excluding carboxylic acids is 1. The Balaban J connectivity index is 2.51. The summed E-state index contributed by atoms with van der Waals surface area (Å²) in [6.07, 6.45) is 0. The highest BCUT2D eigenvalue weighted by Gasteiger charge is 2.21. The summed E-state index contributed by atoms with van der Waals surface area (Å²) in [7, 11) is 1.75. The molecule has 1 amide bonds. The van der Waals surface area contributed by atoms with Crippen LogP contribution in [-0.2, 0) is 10.2 Å². The van der Waals surface area contributed by atoms with Gasteiger partial charge in [0.05, 0.1) is 17.9 Å². The summed E-state index contributed by atoms with van der Waals surface area (Å²) in [5, 5.41) is 10.5. The highest BCUT2D eigenvalue weighted by atomic mass is 16.2. The lowest BCUT2D eigenvalue weighted by Crippen LogP contribution is -2.26. The van der Waals surface area contributed by atoms with Gasteiger partial charge in [-0.25, -0.2) is 4.68 Å². The molecule has 0 aliphatic rings. The topological polar surface area (TPSA) is 59.0 Å². The van der Waals surface area contributed by atoms with Gasteiger partial charge >= 0.3 is 0 Å². The van der Waals surface area contributed by atoms with E-state index in [1.807, 2.05) is 16.8 Å². The lowest BCUT2D eigenvalue weighted by Gasteiger charge is -2.14. The number of nitrogens with zero attached hydrogens (tertiary/aromatic N) is 2. The molecule has 1 heterocycles. The molecule has 0 saturated heterocycles. The second-order valence-electron chi connectivity index (χ2n) is 6.95. The van der Waals surface area contributed by atoms with Crippen molar-refractivity contribution in [1.82, 2.24) is 15.1 Å². The number of amides is 1. The van der Waals surface area contributed by atoms with Crippen LogP contribution in [0.25, 0.3) is 5.69 Å². The Morgan fingerprint density at radius 3 is 2.48 bits per heavy atom. The Labute approximate surface area is 138 Å². The van der Waals surface area contributed by atoms with Crippen molar-refractivity contribution in [3.05, 3.63) is 41.1 Å². The Hall–Kier alpha value is -2.14. The van der Waals surface area contributed by atoms with Crippen LogP contribution in [0.3, 0.4) is 0 Å². The van der Waals surface area contributed by atoms with Crippen molar-refractivity contribution in [2.45, 2.75) is 40.0 Å². The summed E-state index contributed by atoms with van der Waals surface area (Å²) in [5.41, 5.74) is 4.16. The maximum Gasteiger partial charge on any atom is 0.239 e. The number of likely N-dealkylation sites (N-methyl/N-ethyl adjacent to an activating group) is 1. The molecule has 0 bridgehead atoms. The fourth-order valence-electron chi connectivity index (χ4n) is 2.41. The van der Waals surface area contributed by atoms with E-state index in [0.29, 0.717) is 5.82 Å². The summed E-state index contributed by atoms with van der Waals surface area (Å²) in [5.74, 6) is 0.612. The monoisotopic (exact) mass is 314 g/mol. The van der Waals surface area contributed by atoms with Crippen molar-refractivity contribution in [1.29, 1.82) is 0 Å². The molecular weight excluding hydrogens is 288 g/mol. The predicted octanol–water partition coefficient (Wildman–Crippen LogP) is 2.94. The zero-order chi connectivity index (χ0) is 17.2. The SMILES string of the molecule is CNCC(=O)Nc1cc(C(C)(C)C)nn1-c1ccc(C)cc1C. The molecular formula is C18H26N4O. The Bertz CT molecular complexity index is 710. The molecule has 1 aromatic carbocycles. The van der Waals surface area contributed by atoms with E-state index >= 15 is 0 Å². The van der Waals surface area contributed by atoms with Crippen LogP contribution in [-0.4, -0.2) is 29.3 Å². The van der Waals surface area contributed by atoms with E-state index in [2.05, 4.69) is 57.4 Å². The van der Waals surface area contributed by atoms with Gasteiger partial charge in [0.25, 0.3) is 0 Å². The molecule has 23 heavy (non-hydrogen) atoms. The fraction of sp³-hybridized carbons (Fsp3) is 0.444. The number of nitrogens with one attached hydrogen (secondary N) is 2. The molecule has 2 aromatic rings. The molecule has 1 aromatic heterocycles. The summed E-state index contributed by atoms with van der Waals surface area (Å²) in [6, 6.07) is 8.16. The van der Waals surface area contributed by atoms with Gasteiger partial charge < -0.3 is 10.6 Å². The molecule has 2 rings (SSSR count). The third-order valence-electron chi connectivity index (χ3n) is 3.66. The summed E-state index contributed by atoms with van der Waals surface area (Å²) < 4.78 is 1.82. The third kappa shape index (κ3) is 3.99. The number of carbonyl (C=O) groups is 1. The smallest absolute Gasteiger partial charge is 0.239 e. The number of benzene rings is 1. The van der Waals surface area contributed by atoms with Crippen LogP contribution in [0.5, 0.6) is 0 Å². The highest BCUT2D eigenvalue weighted by Crippen LogP contribution is 2.27.